The number of nitrogens with one attached hydrogen (secondary N) is 2. The summed E-state index contributed by atoms with van der Waals surface area (Å²) in [6, 6.07) is 9.30. The van der Waals surface area contributed by atoms with Crippen molar-refractivity contribution >= 4 is 45.3 Å². The van der Waals surface area contributed by atoms with E-state index >= 15 is 0 Å². The molecule has 7 nitrogen and oxygen atoms in total. The summed E-state index contributed by atoms with van der Waals surface area (Å²) < 4.78 is 43.5. The first-order valence-electron chi connectivity index (χ1n) is 9.29. The van der Waals surface area contributed by atoms with E-state index in [1.54, 1.807) is 12.1 Å². The van der Waals surface area contributed by atoms with Crippen LogP contribution >= 0.6 is 15.9 Å². The number of amides is 3. The van der Waals surface area contributed by atoms with Crippen molar-refractivity contribution in [3.63, 3.8) is 0 Å². The van der Waals surface area contributed by atoms with Crippen LogP contribution in [0.2, 0.25) is 0 Å². The van der Waals surface area contributed by atoms with Gasteiger partial charge in [-0.25, -0.2) is 4.79 Å². The molecule has 2 aromatic rings. The van der Waals surface area contributed by atoms with Crippen molar-refractivity contribution in [3.8, 4) is 0 Å². The number of halogens is 4. The molecule has 0 bridgehead atoms. The zero-order chi connectivity index (χ0) is 23.5. The maximum absolute atomic E-state index is 12.9. The van der Waals surface area contributed by atoms with Gasteiger partial charge in [0, 0.05) is 16.6 Å². The first kappa shape index (κ1) is 23.5. The van der Waals surface area contributed by atoms with Gasteiger partial charge in [0.25, 0.3) is 5.91 Å². The topological polar surface area (TPSA) is 102 Å². The molecular weight excluding hydrogens is 497 g/mol. The van der Waals surface area contributed by atoms with Crippen LogP contribution in [-0.4, -0.2) is 30.3 Å². The number of benzene rings is 2. The predicted molar refractivity (Wildman–Crippen MR) is 109 cm³/mol. The fourth-order valence-corrected chi connectivity index (χ4v) is 3.54. The van der Waals surface area contributed by atoms with Gasteiger partial charge in [0.1, 0.15) is 0 Å². The zero-order valence-corrected chi connectivity index (χ0v) is 17.9. The molecule has 2 aromatic carbocycles. The Kier molecular flexibility index (Phi) is 6.97. The Bertz CT molecular complexity index is 1070. The highest BCUT2D eigenvalue weighted by Gasteiger charge is 2.33. The Morgan fingerprint density at radius 3 is 2.41 bits per heavy atom. The number of carbonyl (C=O) groups is 4. The minimum Gasteiger partial charge on any atom is -0.452 e. The normalized spacial score (nSPS) is 15.9. The van der Waals surface area contributed by atoms with Crippen LogP contribution in [0.4, 0.5) is 18.9 Å². The average molecular weight is 513 g/mol. The number of alkyl halides is 3. The highest BCUT2D eigenvalue weighted by atomic mass is 79.9. The fraction of sp³-hybridized carbons (Fsp3) is 0.238. The molecule has 0 saturated carbocycles. The van der Waals surface area contributed by atoms with Gasteiger partial charge in [-0.1, -0.05) is 28.1 Å². The van der Waals surface area contributed by atoms with Gasteiger partial charge in [0.05, 0.1) is 17.0 Å². The summed E-state index contributed by atoms with van der Waals surface area (Å²) in [5.74, 6) is -2.72. The molecule has 1 heterocycles. The van der Waals surface area contributed by atoms with Crippen molar-refractivity contribution in [3.05, 3.63) is 63.6 Å². The van der Waals surface area contributed by atoms with Crippen LogP contribution in [0, 0.1) is 5.92 Å². The van der Waals surface area contributed by atoms with Crippen LogP contribution in [0.25, 0.3) is 0 Å². The van der Waals surface area contributed by atoms with Crippen molar-refractivity contribution in [2.75, 3.05) is 11.9 Å². The molecule has 0 radical (unpaired) electrons. The SMILES string of the molecule is O=C1CC(Cc2ccc(C(=O)OCC(=O)Nc3ccc(Br)c(C(F)(F)F)c3)cc2)C(=O)N1. The molecule has 1 aliphatic rings. The van der Waals surface area contributed by atoms with E-state index in [0.717, 1.165) is 17.7 Å². The number of carbonyl (C=O) groups excluding carboxylic acids is 4. The lowest BCUT2D eigenvalue weighted by molar-refractivity contribution is -0.138. The van der Waals surface area contributed by atoms with E-state index < -0.39 is 36.1 Å². The monoisotopic (exact) mass is 512 g/mol. The lowest BCUT2D eigenvalue weighted by Crippen LogP contribution is -2.23. The number of imide groups is 1. The lowest BCUT2D eigenvalue weighted by Gasteiger charge is -2.12. The van der Waals surface area contributed by atoms with E-state index in [4.69, 9.17) is 4.74 Å². The largest absolute Gasteiger partial charge is 0.452 e. The molecule has 2 N–H and O–H groups in total. The van der Waals surface area contributed by atoms with Gasteiger partial charge < -0.3 is 10.1 Å². The third-order valence-corrected chi connectivity index (χ3v) is 5.32. The van der Waals surface area contributed by atoms with Gasteiger partial charge in [0.2, 0.25) is 11.8 Å². The van der Waals surface area contributed by atoms with Crippen LogP contribution in [-0.2, 0) is 31.7 Å². The van der Waals surface area contributed by atoms with E-state index in [-0.39, 0.29) is 34.0 Å². The summed E-state index contributed by atoms with van der Waals surface area (Å²) in [7, 11) is 0. The second kappa shape index (κ2) is 9.51. The second-order valence-electron chi connectivity index (χ2n) is 7.03. The highest BCUT2D eigenvalue weighted by Crippen LogP contribution is 2.36. The Labute approximate surface area is 188 Å². The van der Waals surface area contributed by atoms with Gasteiger partial charge >= 0.3 is 12.1 Å². The molecule has 168 valence electrons. The van der Waals surface area contributed by atoms with Crippen LogP contribution < -0.4 is 10.6 Å². The molecule has 1 fully saturated rings. The van der Waals surface area contributed by atoms with Gasteiger partial charge in [-0.05, 0) is 42.3 Å². The summed E-state index contributed by atoms with van der Waals surface area (Å²) in [4.78, 5) is 46.9. The Morgan fingerprint density at radius 2 is 1.81 bits per heavy atom. The van der Waals surface area contributed by atoms with E-state index in [1.165, 1.54) is 18.2 Å². The average Bonchev–Trinajstić information content (AvgIpc) is 3.04. The fourth-order valence-electron chi connectivity index (χ4n) is 3.07. The first-order valence-corrected chi connectivity index (χ1v) is 10.1. The Morgan fingerprint density at radius 1 is 1.12 bits per heavy atom. The van der Waals surface area contributed by atoms with Crippen molar-refractivity contribution in [2.45, 2.75) is 19.0 Å². The Balaban J connectivity index is 1.52. The highest BCUT2D eigenvalue weighted by molar-refractivity contribution is 9.10. The number of esters is 1. The molecule has 0 spiro atoms. The zero-order valence-electron chi connectivity index (χ0n) is 16.3. The summed E-state index contributed by atoms with van der Waals surface area (Å²) in [5, 5.41) is 4.47. The maximum Gasteiger partial charge on any atom is 0.417 e. The molecule has 1 atom stereocenters. The third kappa shape index (κ3) is 5.94. The number of ether oxygens (including phenoxy) is 1. The molecule has 32 heavy (non-hydrogen) atoms. The molecule has 1 unspecified atom stereocenters. The molecule has 1 saturated heterocycles. The van der Waals surface area contributed by atoms with Crippen molar-refractivity contribution in [1.82, 2.24) is 5.32 Å². The standard InChI is InChI=1S/C21H16BrF3N2O5/c22-16-6-5-14(9-15(16)21(23,24)25)26-18(29)10-32-20(31)12-3-1-11(2-4-12)7-13-8-17(28)27-19(13)30/h1-6,9,13H,7-8,10H2,(H,26,29)(H,27,28,30). The van der Waals surface area contributed by atoms with Crippen LogP contribution in [0.15, 0.2) is 46.9 Å². The number of hydrogen-bond acceptors (Lipinski definition) is 5. The molecular formula is C21H16BrF3N2O5. The lowest BCUT2D eigenvalue weighted by atomic mass is 9.97. The van der Waals surface area contributed by atoms with Crippen molar-refractivity contribution < 1.29 is 37.1 Å². The molecule has 0 aliphatic carbocycles. The summed E-state index contributed by atoms with van der Waals surface area (Å²) in [6.07, 6.45) is -4.15. The second-order valence-corrected chi connectivity index (χ2v) is 7.89. The molecule has 1 aliphatic heterocycles. The van der Waals surface area contributed by atoms with Crippen LogP contribution in [0.5, 0.6) is 0 Å². The van der Waals surface area contributed by atoms with Gasteiger partial charge in [-0.3, -0.25) is 19.7 Å². The summed E-state index contributed by atoms with van der Waals surface area (Å²) >= 11 is 2.81. The van der Waals surface area contributed by atoms with E-state index in [1.807, 2.05) is 0 Å². The quantitative estimate of drug-likeness (QED) is 0.455. The molecule has 3 amide bonds. The van der Waals surface area contributed by atoms with E-state index in [0.29, 0.717) is 6.42 Å². The van der Waals surface area contributed by atoms with E-state index in [2.05, 4.69) is 26.6 Å². The summed E-state index contributed by atoms with van der Waals surface area (Å²) in [5.41, 5.74) is -0.159. The van der Waals surface area contributed by atoms with Crippen LogP contribution in [0.3, 0.4) is 0 Å². The molecule has 11 heteroatoms. The molecule has 0 aromatic heterocycles. The van der Waals surface area contributed by atoms with E-state index in [9.17, 15) is 32.3 Å². The van der Waals surface area contributed by atoms with Gasteiger partial charge in [0.15, 0.2) is 6.61 Å². The molecule has 3 rings (SSSR count). The Hall–Kier alpha value is -3.21. The number of hydrogen-bond donors (Lipinski definition) is 2. The minimum atomic E-state index is -4.60. The number of rotatable bonds is 6. The van der Waals surface area contributed by atoms with Gasteiger partial charge in [-0.15, -0.1) is 0 Å². The van der Waals surface area contributed by atoms with Crippen LogP contribution in [0.1, 0.15) is 27.9 Å². The number of anilines is 1. The van der Waals surface area contributed by atoms with Crippen molar-refractivity contribution in [2.24, 2.45) is 5.92 Å². The smallest absolute Gasteiger partial charge is 0.417 e. The maximum atomic E-state index is 12.9. The third-order valence-electron chi connectivity index (χ3n) is 4.63. The first-order chi connectivity index (χ1) is 15.0. The van der Waals surface area contributed by atoms with Gasteiger partial charge in [-0.2, -0.15) is 13.2 Å². The summed E-state index contributed by atoms with van der Waals surface area (Å²) in [6.45, 7) is -0.692. The van der Waals surface area contributed by atoms with Crippen molar-refractivity contribution in [1.29, 1.82) is 0 Å². The predicted octanol–water partition coefficient (Wildman–Crippen LogP) is 3.47. The minimum absolute atomic E-state index is 0.0969.